The first-order chi connectivity index (χ1) is 17.6. The number of sulfonamides is 1. The molecule has 9 N–H and O–H groups in total. The molecule has 15 heteroatoms. The summed E-state index contributed by atoms with van der Waals surface area (Å²) in [6, 6.07) is 8.38. The Morgan fingerprint density at radius 1 is 1.22 bits per heavy atom. The van der Waals surface area contributed by atoms with Gasteiger partial charge in [-0.25, -0.2) is 13.2 Å². The van der Waals surface area contributed by atoms with Gasteiger partial charge in [-0.2, -0.15) is 5.10 Å². The molecule has 2 heterocycles. The number of hydrogen-bond acceptors (Lipinski definition) is 10. The van der Waals surface area contributed by atoms with Gasteiger partial charge in [-0.3, -0.25) is 19.5 Å². The van der Waals surface area contributed by atoms with Crippen LogP contribution in [0.25, 0.3) is 0 Å². The predicted octanol–water partition coefficient (Wildman–Crippen LogP) is 0.648. The maximum Gasteiger partial charge on any atom is 0.326 e. The van der Waals surface area contributed by atoms with Gasteiger partial charge in [-0.05, 0) is 55.1 Å². The van der Waals surface area contributed by atoms with Crippen molar-refractivity contribution in [2.75, 3.05) is 16.6 Å². The predicted molar refractivity (Wildman–Crippen MR) is 140 cm³/mol. The molecule has 0 aliphatic carbocycles. The smallest absolute Gasteiger partial charge is 0.326 e. The fraction of sp³-hybridized carbons (Fsp3) is 0.318. The van der Waals surface area contributed by atoms with E-state index in [4.69, 9.17) is 11.5 Å². The van der Waals surface area contributed by atoms with Crippen molar-refractivity contribution in [2.24, 2.45) is 18.5 Å². The quantitative estimate of drug-likeness (QED) is 0.110. The standard InChI is InChI=1S/C22H30N8O5S2/c1-30-15(7-10-27-30)13-26-14-4-2-5-16(12-14)37(34,35)29-17-8-11-36-19(17)20(31)28-18(21(32)33)6-3-9-25-22(23)24/h2,4-5,7-8,10-12,18,22,25-26,29H,3,6,9,13,23-24H2,1H3,(H,28,31)(H,32,33)/t18-/m0/s1. The number of nitrogens with zero attached hydrogens (tertiary/aromatic N) is 2. The minimum absolute atomic E-state index is 0.00547. The number of carbonyl (C=O) groups is 2. The van der Waals surface area contributed by atoms with Crippen LogP contribution in [0.15, 0.2) is 52.9 Å². The SMILES string of the molecule is Cn1nccc1CNc1cccc(S(=O)(=O)Nc2ccsc2C(=O)N[C@@H](CCCNC(N)N)C(=O)O)c1. The Morgan fingerprint density at radius 2 is 2.00 bits per heavy atom. The number of hydrogen-bond donors (Lipinski definition) is 7. The Hall–Kier alpha value is -3.50. The molecular weight excluding hydrogens is 520 g/mol. The molecular formula is C22H30N8O5S2. The van der Waals surface area contributed by atoms with Crippen molar-refractivity contribution in [2.45, 2.75) is 36.6 Å². The Bertz CT molecular complexity index is 1320. The van der Waals surface area contributed by atoms with Gasteiger partial charge in [-0.1, -0.05) is 6.07 Å². The van der Waals surface area contributed by atoms with E-state index in [1.54, 1.807) is 28.4 Å². The molecule has 1 amide bonds. The second-order valence-corrected chi connectivity index (χ2v) is 10.7. The molecule has 0 aliphatic heterocycles. The minimum atomic E-state index is -4.04. The van der Waals surface area contributed by atoms with Crippen LogP contribution >= 0.6 is 11.3 Å². The van der Waals surface area contributed by atoms with Gasteiger partial charge in [0.2, 0.25) is 0 Å². The van der Waals surface area contributed by atoms with E-state index in [2.05, 4.69) is 25.8 Å². The fourth-order valence-electron chi connectivity index (χ4n) is 3.37. The van der Waals surface area contributed by atoms with E-state index in [0.29, 0.717) is 25.2 Å². The lowest BCUT2D eigenvalue weighted by Gasteiger charge is -2.16. The molecule has 0 fully saturated rings. The summed E-state index contributed by atoms with van der Waals surface area (Å²) < 4.78 is 30.3. The molecule has 0 spiro atoms. The van der Waals surface area contributed by atoms with Gasteiger partial charge in [0.05, 0.1) is 22.8 Å². The zero-order valence-electron chi connectivity index (χ0n) is 20.0. The van der Waals surface area contributed by atoms with Crippen molar-refractivity contribution >= 4 is 44.6 Å². The zero-order chi connectivity index (χ0) is 27.0. The highest BCUT2D eigenvalue weighted by atomic mass is 32.2. The van der Waals surface area contributed by atoms with Crippen LogP contribution in [-0.2, 0) is 28.4 Å². The number of carbonyl (C=O) groups excluding carboxylic acids is 1. The van der Waals surface area contributed by atoms with Crippen molar-refractivity contribution in [1.82, 2.24) is 20.4 Å². The van der Waals surface area contributed by atoms with E-state index in [-0.39, 0.29) is 21.9 Å². The first-order valence-electron chi connectivity index (χ1n) is 11.3. The number of amides is 1. The van der Waals surface area contributed by atoms with E-state index in [1.165, 1.54) is 18.2 Å². The highest BCUT2D eigenvalue weighted by Crippen LogP contribution is 2.26. The van der Waals surface area contributed by atoms with E-state index in [9.17, 15) is 23.1 Å². The molecule has 0 unspecified atom stereocenters. The fourth-order valence-corrected chi connectivity index (χ4v) is 5.30. The molecule has 0 bridgehead atoms. The van der Waals surface area contributed by atoms with Crippen LogP contribution in [0.3, 0.4) is 0 Å². The van der Waals surface area contributed by atoms with Crippen LogP contribution in [0.5, 0.6) is 0 Å². The Morgan fingerprint density at radius 3 is 2.68 bits per heavy atom. The third kappa shape index (κ3) is 7.99. The number of aromatic nitrogens is 2. The summed E-state index contributed by atoms with van der Waals surface area (Å²) in [7, 11) is -2.23. The van der Waals surface area contributed by atoms with Crippen molar-refractivity contribution in [3.8, 4) is 0 Å². The Kier molecular flexibility index (Phi) is 9.60. The van der Waals surface area contributed by atoms with Gasteiger partial charge in [-0.15, -0.1) is 11.3 Å². The second-order valence-electron chi connectivity index (χ2n) is 8.08. The molecule has 0 aliphatic rings. The van der Waals surface area contributed by atoms with E-state index in [0.717, 1.165) is 17.0 Å². The van der Waals surface area contributed by atoms with E-state index >= 15 is 0 Å². The molecule has 3 aromatic rings. The molecule has 37 heavy (non-hydrogen) atoms. The molecule has 0 saturated heterocycles. The average molecular weight is 551 g/mol. The van der Waals surface area contributed by atoms with Gasteiger partial charge < -0.3 is 27.2 Å². The highest BCUT2D eigenvalue weighted by Gasteiger charge is 2.25. The van der Waals surface area contributed by atoms with Crippen molar-refractivity contribution in [3.05, 3.63) is 58.5 Å². The topological polar surface area (TPSA) is 206 Å². The maximum atomic E-state index is 13.1. The van der Waals surface area contributed by atoms with Gasteiger partial charge in [0.1, 0.15) is 17.2 Å². The molecule has 3 rings (SSSR count). The summed E-state index contributed by atoms with van der Waals surface area (Å²) in [5, 5.41) is 23.5. The average Bonchev–Trinajstić information content (AvgIpc) is 3.47. The summed E-state index contributed by atoms with van der Waals surface area (Å²) >= 11 is 0.993. The third-order valence-electron chi connectivity index (χ3n) is 5.31. The normalized spacial score (nSPS) is 12.3. The van der Waals surface area contributed by atoms with Crippen LogP contribution in [0, 0.1) is 0 Å². The zero-order valence-corrected chi connectivity index (χ0v) is 21.7. The Balaban J connectivity index is 1.67. The van der Waals surface area contributed by atoms with Crippen molar-refractivity contribution in [1.29, 1.82) is 0 Å². The first kappa shape index (κ1) is 28.1. The van der Waals surface area contributed by atoms with Crippen molar-refractivity contribution < 1.29 is 23.1 Å². The maximum absolute atomic E-state index is 13.1. The number of carboxylic acids is 1. The number of benzene rings is 1. The summed E-state index contributed by atoms with van der Waals surface area (Å²) in [5.41, 5.74) is 12.3. The third-order valence-corrected chi connectivity index (χ3v) is 7.59. The summed E-state index contributed by atoms with van der Waals surface area (Å²) in [4.78, 5) is 24.5. The van der Waals surface area contributed by atoms with E-state index in [1.807, 2.05) is 13.1 Å². The molecule has 0 radical (unpaired) electrons. The number of carboxylic acid groups (broad SMARTS) is 1. The lowest BCUT2D eigenvalue weighted by molar-refractivity contribution is -0.139. The van der Waals surface area contributed by atoms with Crippen LogP contribution in [0.4, 0.5) is 11.4 Å². The van der Waals surface area contributed by atoms with Gasteiger partial charge >= 0.3 is 5.97 Å². The van der Waals surface area contributed by atoms with Crippen LogP contribution < -0.4 is 32.1 Å². The van der Waals surface area contributed by atoms with Crippen LogP contribution in [0.1, 0.15) is 28.2 Å². The van der Waals surface area contributed by atoms with Crippen LogP contribution in [0.2, 0.25) is 0 Å². The number of nitrogens with one attached hydrogen (secondary N) is 4. The summed E-state index contributed by atoms with van der Waals surface area (Å²) in [5.74, 6) is -1.91. The first-order valence-corrected chi connectivity index (χ1v) is 13.6. The molecule has 1 atom stereocenters. The molecule has 2 aromatic heterocycles. The molecule has 200 valence electrons. The largest absolute Gasteiger partial charge is 0.480 e. The molecule has 1 aromatic carbocycles. The highest BCUT2D eigenvalue weighted by molar-refractivity contribution is 7.92. The summed E-state index contributed by atoms with van der Waals surface area (Å²) in [6.45, 7) is 0.819. The number of rotatable bonds is 14. The van der Waals surface area contributed by atoms with Gasteiger partial charge in [0, 0.05) is 18.9 Å². The minimum Gasteiger partial charge on any atom is -0.480 e. The second kappa shape index (κ2) is 12.6. The van der Waals surface area contributed by atoms with E-state index < -0.39 is 34.2 Å². The number of aliphatic carboxylic acids is 1. The number of anilines is 2. The summed E-state index contributed by atoms with van der Waals surface area (Å²) in [6.07, 6.45) is 1.48. The van der Waals surface area contributed by atoms with Crippen molar-refractivity contribution in [3.63, 3.8) is 0 Å². The van der Waals surface area contributed by atoms with Gasteiger partial charge in [0.25, 0.3) is 15.9 Å². The molecule has 0 saturated carbocycles. The Labute approximate surface area is 218 Å². The number of aryl methyl sites for hydroxylation is 1. The monoisotopic (exact) mass is 550 g/mol. The number of thiophene rings is 1. The molecule has 13 nitrogen and oxygen atoms in total. The number of nitrogens with two attached hydrogens (primary N) is 2. The lowest BCUT2D eigenvalue weighted by Crippen LogP contribution is -2.46. The van der Waals surface area contributed by atoms with Crippen LogP contribution in [-0.4, -0.2) is 54.1 Å². The van der Waals surface area contributed by atoms with Gasteiger partial charge in [0.15, 0.2) is 0 Å². The lowest BCUT2D eigenvalue weighted by atomic mass is 10.1.